The van der Waals surface area contributed by atoms with Gasteiger partial charge >= 0.3 is 0 Å². The normalized spacial score (nSPS) is 10.3. The van der Waals surface area contributed by atoms with Crippen molar-refractivity contribution < 1.29 is 0 Å². The quantitative estimate of drug-likeness (QED) is 0.836. The monoisotopic (exact) mass is 335 g/mol. The molecule has 2 aromatic rings. The first-order chi connectivity index (χ1) is 8.99. The lowest BCUT2D eigenvalue weighted by atomic mass is 10.1. The van der Waals surface area contributed by atoms with Crippen LogP contribution in [0.1, 0.15) is 16.7 Å². The molecule has 19 heavy (non-hydrogen) atoms. The minimum atomic E-state index is 0.336. The van der Waals surface area contributed by atoms with Gasteiger partial charge in [-0.2, -0.15) is 0 Å². The van der Waals surface area contributed by atoms with E-state index >= 15 is 0 Å². The van der Waals surface area contributed by atoms with Crippen LogP contribution >= 0.6 is 28.1 Å². The lowest BCUT2D eigenvalue weighted by Crippen LogP contribution is -2.13. The predicted molar refractivity (Wildman–Crippen MR) is 87.0 cm³/mol. The smallest absolute Gasteiger partial charge is 0.140 e. The molecule has 0 amide bonds. The summed E-state index contributed by atoms with van der Waals surface area (Å²) in [6.07, 6.45) is 1.72. The third kappa shape index (κ3) is 3.11. The first-order valence-electron chi connectivity index (χ1n) is 5.77. The number of anilines is 2. The zero-order valence-corrected chi connectivity index (χ0v) is 13.1. The highest BCUT2D eigenvalue weighted by atomic mass is 79.9. The van der Waals surface area contributed by atoms with Crippen LogP contribution < -0.4 is 11.1 Å². The first-order valence-corrected chi connectivity index (χ1v) is 6.97. The Morgan fingerprint density at radius 1 is 1.32 bits per heavy atom. The summed E-state index contributed by atoms with van der Waals surface area (Å²) in [5.41, 5.74) is 9.75. The fourth-order valence-corrected chi connectivity index (χ4v) is 2.78. The largest absolute Gasteiger partial charge is 0.389 e. The maximum Gasteiger partial charge on any atom is 0.140 e. The van der Waals surface area contributed by atoms with Crippen molar-refractivity contribution >= 4 is 44.6 Å². The van der Waals surface area contributed by atoms with Crippen molar-refractivity contribution in [3.8, 4) is 0 Å². The number of pyridine rings is 1. The molecule has 3 nitrogen and oxygen atoms in total. The Balaban J connectivity index is 2.45. The Hall–Kier alpha value is -1.46. The van der Waals surface area contributed by atoms with Crippen LogP contribution in [0.5, 0.6) is 0 Å². The summed E-state index contributed by atoms with van der Waals surface area (Å²) in [5.74, 6) is 0.684. The first kappa shape index (κ1) is 14.0. The summed E-state index contributed by atoms with van der Waals surface area (Å²) >= 11 is 8.53. The number of hydrogen-bond donors (Lipinski definition) is 2. The van der Waals surface area contributed by atoms with E-state index in [1.165, 1.54) is 0 Å². The molecule has 0 unspecified atom stereocenters. The van der Waals surface area contributed by atoms with Crippen molar-refractivity contribution in [3.63, 3.8) is 0 Å². The third-order valence-corrected chi connectivity index (χ3v) is 3.49. The van der Waals surface area contributed by atoms with Gasteiger partial charge in [0.25, 0.3) is 0 Å². The van der Waals surface area contributed by atoms with E-state index in [4.69, 9.17) is 18.0 Å². The van der Waals surface area contributed by atoms with Crippen molar-refractivity contribution in [3.05, 3.63) is 51.6 Å². The molecule has 0 aliphatic rings. The van der Waals surface area contributed by atoms with Crippen molar-refractivity contribution in [2.45, 2.75) is 13.8 Å². The van der Waals surface area contributed by atoms with E-state index in [-0.39, 0.29) is 0 Å². The molecule has 1 aromatic heterocycles. The third-order valence-electron chi connectivity index (χ3n) is 2.81. The maximum atomic E-state index is 5.71. The van der Waals surface area contributed by atoms with Crippen LogP contribution in [0.3, 0.4) is 0 Å². The number of nitrogens with one attached hydrogen (secondary N) is 1. The molecular formula is C14H14BrN3S. The molecule has 0 atom stereocenters. The van der Waals surface area contributed by atoms with Gasteiger partial charge < -0.3 is 11.1 Å². The zero-order chi connectivity index (χ0) is 14.0. The number of nitrogens with zero attached hydrogens (tertiary/aromatic N) is 1. The Bertz CT molecular complexity index is 617. The molecule has 98 valence electrons. The highest BCUT2D eigenvalue weighted by molar-refractivity contribution is 9.10. The standard InChI is InChI=1S/C14H14BrN3S/c1-8-6-10(15)7-9(2)12(8)18-14-11(13(16)19)4-3-5-17-14/h3-7H,1-2H3,(H2,16,19)(H,17,18). The molecule has 5 heteroatoms. The maximum absolute atomic E-state index is 5.71. The number of aromatic nitrogens is 1. The molecule has 1 aromatic carbocycles. The van der Waals surface area contributed by atoms with E-state index in [0.29, 0.717) is 10.8 Å². The van der Waals surface area contributed by atoms with Crippen LogP contribution in [-0.2, 0) is 0 Å². The second-order valence-corrected chi connectivity index (χ2v) is 5.66. The summed E-state index contributed by atoms with van der Waals surface area (Å²) in [4.78, 5) is 4.65. The molecule has 0 saturated heterocycles. The van der Waals surface area contributed by atoms with E-state index in [1.54, 1.807) is 6.20 Å². The van der Waals surface area contributed by atoms with Gasteiger partial charge in [0.1, 0.15) is 10.8 Å². The fourth-order valence-electron chi connectivity index (χ4n) is 1.93. The molecular weight excluding hydrogens is 322 g/mol. The fraction of sp³-hybridized carbons (Fsp3) is 0.143. The Kier molecular flexibility index (Phi) is 4.17. The van der Waals surface area contributed by atoms with E-state index in [1.807, 2.05) is 26.0 Å². The Morgan fingerprint density at radius 3 is 2.53 bits per heavy atom. The minimum absolute atomic E-state index is 0.336. The lowest BCUT2D eigenvalue weighted by Gasteiger charge is -2.15. The number of benzene rings is 1. The number of aryl methyl sites for hydroxylation is 2. The lowest BCUT2D eigenvalue weighted by molar-refractivity contribution is 1.27. The summed E-state index contributed by atoms with van der Waals surface area (Å²) in [5, 5.41) is 3.32. The average molecular weight is 336 g/mol. The van der Waals surface area contributed by atoms with E-state index in [2.05, 4.69) is 38.4 Å². The van der Waals surface area contributed by atoms with Crippen molar-refractivity contribution in [2.24, 2.45) is 5.73 Å². The molecule has 0 bridgehead atoms. The molecule has 0 spiro atoms. The van der Waals surface area contributed by atoms with Gasteiger partial charge in [0, 0.05) is 16.4 Å². The van der Waals surface area contributed by atoms with Crippen LogP contribution in [0.25, 0.3) is 0 Å². The second-order valence-electron chi connectivity index (χ2n) is 4.30. The number of hydrogen-bond acceptors (Lipinski definition) is 3. The van der Waals surface area contributed by atoms with Crippen LogP contribution in [0.15, 0.2) is 34.9 Å². The van der Waals surface area contributed by atoms with Crippen LogP contribution in [0.2, 0.25) is 0 Å². The van der Waals surface area contributed by atoms with Gasteiger partial charge in [-0.3, -0.25) is 0 Å². The summed E-state index contributed by atoms with van der Waals surface area (Å²) in [6, 6.07) is 7.79. The average Bonchev–Trinajstić information content (AvgIpc) is 2.34. The van der Waals surface area contributed by atoms with Gasteiger partial charge in [0.15, 0.2) is 0 Å². The summed E-state index contributed by atoms with van der Waals surface area (Å²) < 4.78 is 1.06. The van der Waals surface area contributed by atoms with E-state index < -0.39 is 0 Å². The van der Waals surface area contributed by atoms with Gasteiger partial charge in [-0.05, 0) is 49.2 Å². The highest BCUT2D eigenvalue weighted by Crippen LogP contribution is 2.28. The molecule has 0 saturated carbocycles. The minimum Gasteiger partial charge on any atom is -0.389 e. The topological polar surface area (TPSA) is 50.9 Å². The molecule has 3 N–H and O–H groups in total. The number of rotatable bonds is 3. The van der Waals surface area contributed by atoms with Crippen molar-refractivity contribution in [1.29, 1.82) is 0 Å². The summed E-state index contributed by atoms with van der Waals surface area (Å²) in [7, 11) is 0. The molecule has 0 radical (unpaired) electrons. The summed E-state index contributed by atoms with van der Waals surface area (Å²) in [6.45, 7) is 4.09. The van der Waals surface area contributed by atoms with Gasteiger partial charge in [-0.1, -0.05) is 28.1 Å². The molecule has 1 heterocycles. The molecule has 0 aliphatic heterocycles. The van der Waals surface area contributed by atoms with Gasteiger partial charge in [-0.25, -0.2) is 4.98 Å². The number of nitrogens with two attached hydrogens (primary N) is 1. The number of thiocarbonyl (C=S) groups is 1. The van der Waals surface area contributed by atoms with E-state index in [0.717, 1.165) is 26.9 Å². The van der Waals surface area contributed by atoms with Crippen molar-refractivity contribution in [1.82, 2.24) is 4.98 Å². The van der Waals surface area contributed by atoms with Crippen LogP contribution in [0.4, 0.5) is 11.5 Å². The van der Waals surface area contributed by atoms with E-state index in [9.17, 15) is 0 Å². The van der Waals surface area contributed by atoms with Gasteiger partial charge in [-0.15, -0.1) is 0 Å². The number of halogens is 1. The Morgan fingerprint density at radius 2 is 1.95 bits per heavy atom. The van der Waals surface area contributed by atoms with Gasteiger partial charge in [0.2, 0.25) is 0 Å². The van der Waals surface area contributed by atoms with Crippen LogP contribution in [-0.4, -0.2) is 9.97 Å². The predicted octanol–water partition coefficient (Wildman–Crippen LogP) is 3.84. The molecule has 0 aliphatic carbocycles. The second kappa shape index (κ2) is 5.67. The zero-order valence-electron chi connectivity index (χ0n) is 10.7. The van der Waals surface area contributed by atoms with Gasteiger partial charge in [0.05, 0.1) is 5.56 Å². The van der Waals surface area contributed by atoms with Crippen molar-refractivity contribution in [2.75, 3.05) is 5.32 Å². The van der Waals surface area contributed by atoms with Crippen LogP contribution in [0, 0.1) is 13.8 Å². The molecule has 0 fully saturated rings. The highest BCUT2D eigenvalue weighted by Gasteiger charge is 2.10. The SMILES string of the molecule is Cc1cc(Br)cc(C)c1Nc1ncccc1C(N)=S. The molecule has 2 rings (SSSR count). The Labute approximate surface area is 126 Å².